The van der Waals surface area contributed by atoms with Crippen molar-refractivity contribution in [3.63, 3.8) is 0 Å². The third-order valence-electron chi connectivity index (χ3n) is 5.22. The number of nitrogens with one attached hydrogen (secondary N) is 2. The van der Waals surface area contributed by atoms with Gasteiger partial charge in [-0.25, -0.2) is 14.2 Å². The molecule has 1 aliphatic carbocycles. The minimum absolute atomic E-state index is 0. The first kappa shape index (κ1) is 24.5. The molecule has 1 atom stereocenters. The summed E-state index contributed by atoms with van der Waals surface area (Å²) in [6.45, 7) is 7.31. The standard InChI is InChI=1S/C20H31FN5O2.Y/c1-13(2)10-17-14(3)24-18(19(17)21)11-23-20(27)26(15-7-8-15)16-6-5-9-25(12-16)28-22-4;/h10,15-16,24H,5-9,11-12H2,1-4H3,(H,23,27);/q-1;. The molecule has 1 aliphatic heterocycles. The Morgan fingerprint density at radius 2 is 2.10 bits per heavy atom. The van der Waals surface area contributed by atoms with Gasteiger partial charge in [0.2, 0.25) is 0 Å². The monoisotopic (exact) mass is 481 g/mol. The molecule has 2 aliphatic rings. The van der Waals surface area contributed by atoms with Crippen molar-refractivity contribution < 1.29 is 46.8 Å². The van der Waals surface area contributed by atoms with Crippen molar-refractivity contribution in [3.8, 4) is 0 Å². The van der Waals surface area contributed by atoms with Crippen molar-refractivity contribution in [2.45, 2.75) is 65.1 Å². The number of rotatable bonds is 7. The van der Waals surface area contributed by atoms with Gasteiger partial charge in [-0.2, -0.15) is 0 Å². The molecule has 0 spiro atoms. The van der Waals surface area contributed by atoms with Crippen molar-refractivity contribution in [1.82, 2.24) is 20.3 Å². The zero-order chi connectivity index (χ0) is 20.3. The summed E-state index contributed by atoms with van der Waals surface area (Å²) < 4.78 is 14.7. The fraction of sp³-hybridized carbons (Fsp3) is 0.650. The van der Waals surface area contributed by atoms with Gasteiger partial charge >= 0.3 is 6.03 Å². The predicted octanol–water partition coefficient (Wildman–Crippen LogP) is 3.87. The van der Waals surface area contributed by atoms with Crippen molar-refractivity contribution >= 4 is 12.1 Å². The van der Waals surface area contributed by atoms with Crippen LogP contribution in [0.4, 0.5) is 9.18 Å². The fourth-order valence-corrected chi connectivity index (χ4v) is 3.83. The van der Waals surface area contributed by atoms with Gasteiger partial charge in [0.05, 0.1) is 12.2 Å². The molecule has 1 aromatic heterocycles. The van der Waals surface area contributed by atoms with E-state index in [1.54, 1.807) is 12.1 Å². The van der Waals surface area contributed by atoms with Crippen LogP contribution in [0.3, 0.4) is 0 Å². The van der Waals surface area contributed by atoms with Gasteiger partial charge in [-0.05, 0) is 46.5 Å². The van der Waals surface area contributed by atoms with Crippen LogP contribution in [-0.4, -0.2) is 53.2 Å². The topological polar surface area (TPSA) is 74.7 Å². The number of carbonyl (C=O) groups excluding carboxylic acids is 1. The third-order valence-corrected chi connectivity index (χ3v) is 5.22. The minimum Gasteiger partial charge on any atom is -0.516 e. The molecular weight excluding hydrogens is 450 g/mol. The molecule has 1 radical (unpaired) electrons. The van der Waals surface area contributed by atoms with Gasteiger partial charge in [0.1, 0.15) is 0 Å². The Bertz CT molecular complexity index is 729. The Balaban J connectivity index is 0.00000300. The van der Waals surface area contributed by atoms with Gasteiger partial charge < -0.3 is 25.6 Å². The molecule has 1 unspecified atom stereocenters. The summed E-state index contributed by atoms with van der Waals surface area (Å²) in [5.41, 5.74) is 6.50. The first-order valence-electron chi connectivity index (χ1n) is 10.00. The van der Waals surface area contributed by atoms with Gasteiger partial charge in [0.25, 0.3) is 0 Å². The number of aromatic nitrogens is 1. The number of nitrogens with zero attached hydrogens (tertiary/aromatic N) is 3. The molecule has 2 amide bonds. The van der Waals surface area contributed by atoms with Crippen LogP contribution >= 0.6 is 0 Å². The molecule has 159 valence electrons. The van der Waals surface area contributed by atoms with E-state index in [0.29, 0.717) is 17.8 Å². The number of amides is 2. The van der Waals surface area contributed by atoms with Crippen molar-refractivity contribution in [2.24, 2.45) is 0 Å². The van der Waals surface area contributed by atoms with Gasteiger partial charge in [0, 0.05) is 69.1 Å². The summed E-state index contributed by atoms with van der Waals surface area (Å²) in [6, 6.07) is 0.206. The number of urea groups is 1. The van der Waals surface area contributed by atoms with Crippen LogP contribution in [0, 0.1) is 12.7 Å². The van der Waals surface area contributed by atoms with Crippen molar-refractivity contribution in [3.05, 3.63) is 33.8 Å². The Morgan fingerprint density at radius 1 is 1.38 bits per heavy atom. The average Bonchev–Trinajstić information content (AvgIpc) is 3.44. The summed E-state index contributed by atoms with van der Waals surface area (Å²) in [4.78, 5) is 23.2. The zero-order valence-electron chi connectivity index (χ0n) is 17.8. The molecule has 2 N–H and O–H groups in total. The number of hydrogen-bond acceptors (Lipinski definition) is 3. The van der Waals surface area contributed by atoms with Crippen molar-refractivity contribution in [1.29, 1.82) is 0 Å². The van der Waals surface area contributed by atoms with Crippen LogP contribution < -0.4 is 5.32 Å². The maximum absolute atomic E-state index is 14.7. The molecule has 0 aromatic carbocycles. The van der Waals surface area contributed by atoms with E-state index in [1.165, 1.54) is 0 Å². The molecule has 7 nitrogen and oxygen atoms in total. The summed E-state index contributed by atoms with van der Waals surface area (Å²) in [5.74, 6) is -0.293. The van der Waals surface area contributed by atoms with Crippen LogP contribution in [0.5, 0.6) is 0 Å². The van der Waals surface area contributed by atoms with E-state index < -0.39 is 0 Å². The van der Waals surface area contributed by atoms with Crippen LogP contribution in [0.25, 0.3) is 11.6 Å². The van der Waals surface area contributed by atoms with E-state index >= 15 is 0 Å². The molecule has 1 aromatic rings. The van der Waals surface area contributed by atoms with Gasteiger partial charge in [-0.1, -0.05) is 11.6 Å². The number of H-pyrrole nitrogens is 1. The maximum atomic E-state index is 14.7. The number of hydrogen-bond donors (Lipinski definition) is 2. The van der Waals surface area contributed by atoms with Crippen LogP contribution in [0.1, 0.15) is 56.5 Å². The Morgan fingerprint density at radius 3 is 2.72 bits per heavy atom. The molecular formula is C20H31FN5O2Y-. The van der Waals surface area contributed by atoms with Gasteiger partial charge in [0.15, 0.2) is 5.82 Å². The molecule has 3 rings (SSSR count). The molecule has 2 heterocycles. The Hall–Kier alpha value is -0.796. The molecule has 9 heteroatoms. The second-order valence-corrected chi connectivity index (χ2v) is 7.92. The number of aromatic amines is 1. The smallest absolute Gasteiger partial charge is 0.318 e. The van der Waals surface area contributed by atoms with E-state index in [0.717, 1.165) is 43.5 Å². The number of halogens is 1. The van der Waals surface area contributed by atoms with E-state index in [2.05, 4.69) is 15.8 Å². The second-order valence-electron chi connectivity index (χ2n) is 7.92. The number of allylic oxidation sites excluding steroid dienone is 1. The molecule has 0 bridgehead atoms. The summed E-state index contributed by atoms with van der Waals surface area (Å²) >= 11 is 0. The molecule has 2 fully saturated rings. The van der Waals surface area contributed by atoms with Gasteiger partial charge in [-0.3, -0.25) is 0 Å². The molecule has 1 saturated heterocycles. The molecule has 1 saturated carbocycles. The number of carbonyl (C=O) groups is 1. The van der Waals surface area contributed by atoms with Crippen molar-refractivity contribution in [2.75, 3.05) is 20.1 Å². The van der Waals surface area contributed by atoms with E-state index in [-0.39, 0.29) is 63.2 Å². The fourth-order valence-electron chi connectivity index (χ4n) is 3.83. The Labute approximate surface area is 197 Å². The average molecular weight is 481 g/mol. The maximum Gasteiger partial charge on any atom is 0.318 e. The van der Waals surface area contributed by atoms with E-state index in [4.69, 9.17) is 4.94 Å². The SMILES string of the molecule is C[N-]ON1CCCC(N(C(=O)NCc2[nH]c(C)c(C=C(C)C)c2F)C2CC2)C1.[Y]. The molecule has 29 heavy (non-hydrogen) atoms. The summed E-state index contributed by atoms with van der Waals surface area (Å²) in [6.07, 6.45) is 5.74. The van der Waals surface area contributed by atoms with Gasteiger partial charge in [-0.15, -0.1) is 7.05 Å². The first-order valence-corrected chi connectivity index (χ1v) is 10.00. The van der Waals surface area contributed by atoms with E-state index in [9.17, 15) is 9.18 Å². The summed E-state index contributed by atoms with van der Waals surface area (Å²) in [5, 5.41) is 4.71. The van der Waals surface area contributed by atoms with E-state index in [1.807, 2.05) is 31.7 Å². The Kier molecular flexibility index (Phi) is 9.28. The quantitative estimate of drug-likeness (QED) is 0.581. The number of aryl methyl sites for hydroxylation is 1. The summed E-state index contributed by atoms with van der Waals surface area (Å²) in [7, 11) is 1.60. The number of piperidine rings is 1. The van der Waals surface area contributed by atoms with Crippen LogP contribution in [0.15, 0.2) is 5.57 Å². The van der Waals surface area contributed by atoms with Crippen LogP contribution in [0.2, 0.25) is 0 Å². The largest absolute Gasteiger partial charge is 0.516 e. The third kappa shape index (κ3) is 6.34. The minimum atomic E-state index is -0.293. The predicted molar refractivity (Wildman–Crippen MR) is 107 cm³/mol. The second kappa shape index (κ2) is 11.0. The number of hydroxylamine groups is 3. The zero-order valence-corrected chi connectivity index (χ0v) is 20.6. The first-order chi connectivity index (χ1) is 13.4. The normalized spacial score (nSPS) is 19.4. The van der Waals surface area contributed by atoms with Crippen LogP contribution in [-0.2, 0) is 44.2 Å².